The van der Waals surface area contributed by atoms with E-state index in [1.807, 2.05) is 0 Å². The third-order valence-electron chi connectivity index (χ3n) is 5.11. The molecule has 2 atom stereocenters. The summed E-state index contributed by atoms with van der Waals surface area (Å²) in [5.74, 6) is 0.488. The van der Waals surface area contributed by atoms with Crippen LogP contribution in [0.4, 0.5) is 0 Å². The fraction of sp³-hybridized carbons (Fsp3) is 0.286. The Kier molecular flexibility index (Phi) is 4.83. The fourth-order valence-electron chi connectivity index (χ4n) is 3.97. The average Bonchev–Trinajstić information content (AvgIpc) is 2.95. The smallest absolute Gasteiger partial charge is 0.0801 e. The molecule has 2 unspecified atom stereocenters. The molecular formula is C21H20Br2N2. The van der Waals surface area contributed by atoms with Crippen LogP contribution in [0.15, 0.2) is 68.2 Å². The van der Waals surface area contributed by atoms with Gasteiger partial charge < -0.3 is 0 Å². The monoisotopic (exact) mass is 458 g/mol. The predicted octanol–water partition coefficient (Wildman–Crippen LogP) is 6.44. The molecule has 128 valence electrons. The quantitative estimate of drug-likeness (QED) is 0.504. The van der Waals surface area contributed by atoms with Crippen LogP contribution in [0.1, 0.15) is 36.4 Å². The lowest BCUT2D eigenvalue weighted by Crippen LogP contribution is -2.26. The number of benzene rings is 2. The number of hydrazone groups is 1. The zero-order chi connectivity index (χ0) is 17.4. The van der Waals surface area contributed by atoms with Crippen LogP contribution in [0.3, 0.4) is 0 Å². The van der Waals surface area contributed by atoms with Gasteiger partial charge in [-0.3, -0.25) is 5.01 Å². The number of halogens is 2. The van der Waals surface area contributed by atoms with Crippen molar-refractivity contribution in [3.63, 3.8) is 0 Å². The van der Waals surface area contributed by atoms with E-state index in [1.54, 1.807) is 0 Å². The Morgan fingerprint density at radius 2 is 1.64 bits per heavy atom. The molecule has 1 aliphatic carbocycles. The van der Waals surface area contributed by atoms with E-state index in [2.05, 4.69) is 98.5 Å². The summed E-state index contributed by atoms with van der Waals surface area (Å²) in [7, 11) is 2.11. The van der Waals surface area contributed by atoms with E-state index in [0.717, 1.165) is 15.4 Å². The van der Waals surface area contributed by atoms with Crippen molar-refractivity contribution in [3.8, 4) is 0 Å². The second-order valence-electron chi connectivity index (χ2n) is 6.78. The van der Waals surface area contributed by atoms with E-state index < -0.39 is 0 Å². The van der Waals surface area contributed by atoms with Crippen LogP contribution >= 0.6 is 31.9 Å². The first-order chi connectivity index (χ1) is 12.1. The first kappa shape index (κ1) is 17.0. The highest BCUT2D eigenvalue weighted by Crippen LogP contribution is 2.43. The highest BCUT2D eigenvalue weighted by molar-refractivity contribution is 9.10. The van der Waals surface area contributed by atoms with Crippen LogP contribution in [0.25, 0.3) is 6.08 Å². The Morgan fingerprint density at radius 1 is 1.00 bits per heavy atom. The average molecular weight is 460 g/mol. The molecule has 1 aliphatic heterocycles. The molecule has 0 radical (unpaired) electrons. The van der Waals surface area contributed by atoms with Gasteiger partial charge in [-0.15, -0.1) is 0 Å². The summed E-state index contributed by atoms with van der Waals surface area (Å²) >= 11 is 7.04. The molecule has 2 aromatic rings. The molecule has 0 saturated heterocycles. The topological polar surface area (TPSA) is 15.6 Å². The summed E-state index contributed by atoms with van der Waals surface area (Å²) in [6.07, 6.45) is 5.87. The minimum Gasteiger partial charge on any atom is -0.292 e. The molecule has 0 aromatic heterocycles. The van der Waals surface area contributed by atoms with Crippen molar-refractivity contribution in [2.24, 2.45) is 11.0 Å². The summed E-state index contributed by atoms with van der Waals surface area (Å²) in [5.41, 5.74) is 5.27. The summed E-state index contributed by atoms with van der Waals surface area (Å²) < 4.78 is 2.24. The minimum atomic E-state index is 0.344. The molecule has 2 aromatic carbocycles. The number of nitrogens with zero attached hydrogens (tertiary/aromatic N) is 2. The van der Waals surface area contributed by atoms with Crippen LogP contribution in [0, 0.1) is 5.92 Å². The van der Waals surface area contributed by atoms with E-state index >= 15 is 0 Å². The van der Waals surface area contributed by atoms with Gasteiger partial charge in [0, 0.05) is 21.9 Å². The summed E-state index contributed by atoms with van der Waals surface area (Å²) in [6, 6.07) is 17.5. The Balaban J connectivity index is 1.65. The van der Waals surface area contributed by atoms with Crippen LogP contribution in [-0.2, 0) is 0 Å². The van der Waals surface area contributed by atoms with E-state index in [1.165, 1.54) is 35.3 Å². The first-order valence-electron chi connectivity index (χ1n) is 8.65. The maximum atomic E-state index is 4.95. The molecule has 2 nitrogen and oxygen atoms in total. The zero-order valence-electron chi connectivity index (χ0n) is 14.1. The third-order valence-corrected chi connectivity index (χ3v) is 6.17. The van der Waals surface area contributed by atoms with Crippen LogP contribution < -0.4 is 0 Å². The second-order valence-corrected chi connectivity index (χ2v) is 8.61. The molecule has 25 heavy (non-hydrogen) atoms. The lowest BCUT2D eigenvalue weighted by atomic mass is 9.77. The van der Waals surface area contributed by atoms with Crippen LogP contribution in [0.5, 0.6) is 0 Å². The molecule has 0 N–H and O–H groups in total. The van der Waals surface area contributed by atoms with Crippen LogP contribution in [-0.4, -0.2) is 17.8 Å². The summed E-state index contributed by atoms with van der Waals surface area (Å²) in [4.78, 5) is 0. The molecule has 1 saturated carbocycles. The lowest BCUT2D eigenvalue weighted by molar-refractivity contribution is 0.241. The summed E-state index contributed by atoms with van der Waals surface area (Å²) in [6.45, 7) is 0. The third kappa shape index (κ3) is 3.47. The van der Waals surface area contributed by atoms with E-state index in [0.29, 0.717) is 12.0 Å². The Hall–Kier alpha value is -1.39. The van der Waals surface area contributed by atoms with Crippen molar-refractivity contribution < 1.29 is 0 Å². The number of fused-ring (bicyclic) bond motifs is 1. The maximum absolute atomic E-state index is 4.95. The molecule has 0 bridgehead atoms. The Morgan fingerprint density at radius 3 is 2.32 bits per heavy atom. The van der Waals surface area contributed by atoms with Gasteiger partial charge in [-0.1, -0.05) is 56.1 Å². The van der Waals surface area contributed by atoms with Crippen molar-refractivity contribution in [1.29, 1.82) is 0 Å². The number of hydrogen-bond donors (Lipinski definition) is 0. The lowest BCUT2D eigenvalue weighted by Gasteiger charge is -2.29. The molecule has 2 aliphatic rings. The van der Waals surface area contributed by atoms with Crippen LogP contribution in [0.2, 0.25) is 0 Å². The molecule has 1 fully saturated rings. The SMILES string of the molecule is CN1N=C2/C(=C/c3ccc(Br)cc3)CCCC2C1c1ccc(Br)cc1. The van der Waals surface area contributed by atoms with Gasteiger partial charge in [-0.05, 0) is 66.3 Å². The Labute approximate surface area is 165 Å². The van der Waals surface area contributed by atoms with E-state index in [9.17, 15) is 0 Å². The van der Waals surface area contributed by atoms with Crippen molar-refractivity contribution in [1.82, 2.24) is 5.01 Å². The highest BCUT2D eigenvalue weighted by atomic mass is 79.9. The van der Waals surface area contributed by atoms with Crippen molar-refractivity contribution in [2.45, 2.75) is 25.3 Å². The van der Waals surface area contributed by atoms with Crippen molar-refractivity contribution in [2.75, 3.05) is 7.05 Å². The molecule has 1 heterocycles. The standard InChI is InChI=1S/C21H20Br2N2/c1-25-21(15-7-11-18(23)12-8-15)19-4-2-3-16(20(19)24-25)13-14-5-9-17(22)10-6-14/h5-13,19,21H,2-4H2,1H3/b16-13+. The van der Waals surface area contributed by atoms with Crippen molar-refractivity contribution >= 4 is 43.6 Å². The summed E-state index contributed by atoms with van der Waals surface area (Å²) in [5, 5.41) is 7.10. The normalized spacial score (nSPS) is 24.4. The van der Waals surface area contributed by atoms with Gasteiger partial charge in [-0.25, -0.2) is 0 Å². The van der Waals surface area contributed by atoms with Gasteiger partial charge >= 0.3 is 0 Å². The fourth-order valence-corrected chi connectivity index (χ4v) is 4.50. The zero-order valence-corrected chi connectivity index (χ0v) is 17.3. The maximum Gasteiger partial charge on any atom is 0.0801 e. The minimum absolute atomic E-state index is 0.344. The highest BCUT2D eigenvalue weighted by Gasteiger charge is 2.39. The van der Waals surface area contributed by atoms with Gasteiger partial charge in [0.1, 0.15) is 0 Å². The van der Waals surface area contributed by atoms with Gasteiger partial charge in [0.2, 0.25) is 0 Å². The molecule has 0 amide bonds. The Bertz CT molecular complexity index is 822. The van der Waals surface area contributed by atoms with Gasteiger partial charge in [0.15, 0.2) is 0 Å². The number of hydrogen-bond acceptors (Lipinski definition) is 2. The number of allylic oxidation sites excluding steroid dienone is 1. The second kappa shape index (κ2) is 7.08. The number of rotatable bonds is 2. The largest absolute Gasteiger partial charge is 0.292 e. The van der Waals surface area contributed by atoms with Crippen molar-refractivity contribution in [3.05, 3.63) is 74.2 Å². The van der Waals surface area contributed by atoms with E-state index in [4.69, 9.17) is 5.10 Å². The van der Waals surface area contributed by atoms with Gasteiger partial charge in [-0.2, -0.15) is 5.10 Å². The first-order valence-corrected chi connectivity index (χ1v) is 10.2. The molecular weight excluding hydrogens is 440 g/mol. The molecule has 4 rings (SSSR count). The molecule has 0 spiro atoms. The van der Waals surface area contributed by atoms with Gasteiger partial charge in [0.05, 0.1) is 11.8 Å². The van der Waals surface area contributed by atoms with E-state index in [-0.39, 0.29) is 0 Å². The van der Waals surface area contributed by atoms with Gasteiger partial charge in [0.25, 0.3) is 0 Å². The molecule has 4 heteroatoms. The predicted molar refractivity (Wildman–Crippen MR) is 112 cm³/mol.